The number of hydrogen-bond donors (Lipinski definition) is 3. The largest absolute Gasteiger partial charge is 0.386 e. The monoisotopic (exact) mass is 398 g/mol. The molecule has 1 amide bonds. The third-order valence-corrected chi connectivity index (χ3v) is 4.30. The van der Waals surface area contributed by atoms with Crippen LogP contribution in [0.5, 0.6) is 0 Å². The van der Waals surface area contributed by atoms with Gasteiger partial charge in [0.05, 0.1) is 6.54 Å². The van der Waals surface area contributed by atoms with E-state index in [-0.39, 0.29) is 30.2 Å². The standard InChI is InChI=1S/C20H30N8O/c1-6-28-18(25-26-20(28)27(5)12-14(3)21)19(29)23-11-17(22)24-15(4)16-10-8-7-9-13(16)2/h7-10,14H,2,6,11-12,21H2,1,3-5H3,(H2,22,24)(H,23,29)/b16-15-. The number of hydrogen-bond acceptors (Lipinski definition) is 6. The van der Waals surface area contributed by atoms with Crippen LogP contribution in [-0.4, -0.2) is 52.7 Å². The molecule has 1 aromatic heterocycles. The van der Waals surface area contributed by atoms with E-state index in [1.165, 1.54) is 0 Å². The molecule has 1 heterocycles. The highest BCUT2D eigenvalue weighted by atomic mass is 16.2. The molecule has 5 N–H and O–H groups in total. The molecule has 0 bridgehead atoms. The van der Waals surface area contributed by atoms with Gasteiger partial charge in [-0.3, -0.25) is 9.36 Å². The van der Waals surface area contributed by atoms with Crippen LogP contribution in [0.4, 0.5) is 5.95 Å². The molecular formula is C20H30N8O. The van der Waals surface area contributed by atoms with Crippen LogP contribution < -0.4 is 32.1 Å². The van der Waals surface area contributed by atoms with Crippen molar-refractivity contribution in [3.05, 3.63) is 40.5 Å². The summed E-state index contributed by atoms with van der Waals surface area (Å²) in [6.45, 7) is 10.9. The molecular weight excluding hydrogens is 368 g/mol. The summed E-state index contributed by atoms with van der Waals surface area (Å²) < 4.78 is 1.74. The maximum Gasteiger partial charge on any atom is 0.289 e. The molecule has 2 rings (SSSR count). The van der Waals surface area contributed by atoms with Crippen LogP contribution in [0.2, 0.25) is 0 Å². The van der Waals surface area contributed by atoms with Crippen molar-refractivity contribution in [3.8, 4) is 0 Å². The van der Waals surface area contributed by atoms with Gasteiger partial charge in [-0.15, -0.1) is 10.2 Å². The molecule has 1 unspecified atom stereocenters. The van der Waals surface area contributed by atoms with E-state index in [1.54, 1.807) is 4.57 Å². The van der Waals surface area contributed by atoms with Gasteiger partial charge in [-0.1, -0.05) is 30.8 Å². The summed E-state index contributed by atoms with van der Waals surface area (Å²) in [5.74, 6) is 0.729. The fourth-order valence-corrected chi connectivity index (χ4v) is 2.99. The first-order chi connectivity index (χ1) is 13.7. The van der Waals surface area contributed by atoms with Gasteiger partial charge in [-0.05, 0) is 26.0 Å². The molecule has 0 aliphatic carbocycles. The van der Waals surface area contributed by atoms with E-state index in [1.807, 2.05) is 57.0 Å². The molecule has 0 aliphatic heterocycles. The number of aliphatic imine (C=N–C) groups is 1. The lowest BCUT2D eigenvalue weighted by molar-refractivity contribution is 0.0944. The Kier molecular flexibility index (Phi) is 7.49. The Morgan fingerprint density at radius 1 is 1.38 bits per heavy atom. The molecule has 156 valence electrons. The zero-order valence-electron chi connectivity index (χ0n) is 17.5. The molecule has 9 heteroatoms. The molecule has 9 nitrogen and oxygen atoms in total. The topological polar surface area (TPSA) is 127 Å². The number of anilines is 1. The number of amides is 1. The van der Waals surface area contributed by atoms with Gasteiger partial charge >= 0.3 is 0 Å². The van der Waals surface area contributed by atoms with E-state index in [9.17, 15) is 4.79 Å². The molecule has 29 heavy (non-hydrogen) atoms. The van der Waals surface area contributed by atoms with Crippen molar-refractivity contribution in [1.29, 1.82) is 0 Å². The summed E-state index contributed by atoms with van der Waals surface area (Å²) in [7, 11) is 1.87. The first-order valence-corrected chi connectivity index (χ1v) is 9.50. The van der Waals surface area contributed by atoms with E-state index in [2.05, 4.69) is 27.1 Å². The molecule has 1 atom stereocenters. The van der Waals surface area contributed by atoms with Gasteiger partial charge in [0, 0.05) is 37.1 Å². The van der Waals surface area contributed by atoms with Crippen molar-refractivity contribution in [2.24, 2.45) is 16.5 Å². The van der Waals surface area contributed by atoms with Crippen LogP contribution in [0.15, 0.2) is 29.3 Å². The summed E-state index contributed by atoms with van der Waals surface area (Å²) in [5, 5.41) is 12.7. The van der Waals surface area contributed by atoms with E-state index < -0.39 is 0 Å². The molecule has 1 aromatic carbocycles. The van der Waals surface area contributed by atoms with Gasteiger partial charge in [0.15, 0.2) is 0 Å². The lowest BCUT2D eigenvalue weighted by atomic mass is 10.2. The van der Waals surface area contributed by atoms with Gasteiger partial charge in [-0.2, -0.15) is 0 Å². The zero-order chi connectivity index (χ0) is 21.6. The van der Waals surface area contributed by atoms with Crippen LogP contribution in [0, 0.1) is 0 Å². The Bertz CT molecular complexity index is 992. The number of rotatable bonds is 8. The van der Waals surface area contributed by atoms with Crippen LogP contribution in [0.3, 0.4) is 0 Å². The Labute approximate surface area is 170 Å². The summed E-state index contributed by atoms with van der Waals surface area (Å²) in [4.78, 5) is 18.8. The number of aromatic nitrogens is 3. The highest BCUT2D eigenvalue weighted by Crippen LogP contribution is 2.12. The van der Waals surface area contributed by atoms with Crippen LogP contribution in [0.25, 0.3) is 12.3 Å². The lowest BCUT2D eigenvalue weighted by Gasteiger charge is -2.20. The second-order valence-corrected chi connectivity index (χ2v) is 6.95. The van der Waals surface area contributed by atoms with E-state index in [0.29, 0.717) is 19.0 Å². The Morgan fingerprint density at radius 2 is 2.07 bits per heavy atom. The average Bonchev–Trinajstić information content (AvgIpc) is 3.10. The smallest absolute Gasteiger partial charge is 0.289 e. The van der Waals surface area contributed by atoms with Crippen LogP contribution >= 0.6 is 0 Å². The zero-order valence-corrected chi connectivity index (χ0v) is 17.5. The number of nitrogens with two attached hydrogens (primary N) is 2. The van der Waals surface area contributed by atoms with Crippen molar-refractivity contribution >= 4 is 30.0 Å². The minimum absolute atomic E-state index is 0.0294. The maximum absolute atomic E-state index is 12.6. The number of carbonyl (C=O) groups excluding carboxylic acids is 1. The van der Waals surface area contributed by atoms with Crippen molar-refractivity contribution < 1.29 is 4.79 Å². The first kappa shape index (κ1) is 22.1. The molecule has 0 aliphatic rings. The van der Waals surface area contributed by atoms with Crippen molar-refractivity contribution in [1.82, 2.24) is 20.1 Å². The molecule has 0 radical (unpaired) electrons. The van der Waals surface area contributed by atoms with Crippen molar-refractivity contribution in [2.45, 2.75) is 33.4 Å². The van der Waals surface area contributed by atoms with E-state index >= 15 is 0 Å². The first-order valence-electron chi connectivity index (χ1n) is 9.50. The highest BCUT2D eigenvalue weighted by Gasteiger charge is 2.20. The quantitative estimate of drug-likeness (QED) is 0.403. The second-order valence-electron chi connectivity index (χ2n) is 6.95. The number of nitrogens with one attached hydrogen (secondary N) is 1. The predicted octanol–water partition coefficient (Wildman–Crippen LogP) is -0.593. The highest BCUT2D eigenvalue weighted by molar-refractivity contribution is 5.95. The van der Waals surface area contributed by atoms with E-state index in [0.717, 1.165) is 16.1 Å². The van der Waals surface area contributed by atoms with Crippen molar-refractivity contribution in [2.75, 3.05) is 25.0 Å². The number of amidine groups is 1. The molecule has 0 saturated heterocycles. The Hall–Kier alpha value is -3.20. The summed E-state index contributed by atoms with van der Waals surface area (Å²) >= 11 is 0. The lowest BCUT2D eigenvalue weighted by Crippen LogP contribution is -2.36. The maximum atomic E-state index is 12.6. The van der Waals surface area contributed by atoms with Crippen LogP contribution in [-0.2, 0) is 6.54 Å². The van der Waals surface area contributed by atoms with Gasteiger partial charge < -0.3 is 21.7 Å². The summed E-state index contributed by atoms with van der Waals surface area (Å²) in [5.41, 5.74) is 12.6. The van der Waals surface area contributed by atoms with Gasteiger partial charge in [0.25, 0.3) is 5.91 Å². The minimum Gasteiger partial charge on any atom is -0.386 e. The molecule has 0 saturated carbocycles. The number of carbonyl (C=O) groups is 1. The normalized spacial score (nSPS) is 13.8. The Balaban J connectivity index is 2.13. The van der Waals surface area contributed by atoms with Crippen molar-refractivity contribution in [3.63, 3.8) is 0 Å². The number of nitrogens with zero attached hydrogens (tertiary/aromatic N) is 5. The van der Waals surface area contributed by atoms with Gasteiger partial charge in [0.2, 0.25) is 11.8 Å². The SMILES string of the molecule is C=c1cccc/c1=C(C)/N=C(\N)CNC(=O)c1nnc(N(C)CC(C)N)n1CC. The number of likely N-dealkylation sites (N-methyl/N-ethyl adjacent to an activating group) is 1. The minimum atomic E-state index is -0.367. The Morgan fingerprint density at radius 3 is 2.69 bits per heavy atom. The fraction of sp³-hybridized carbons (Fsp3) is 0.400. The van der Waals surface area contributed by atoms with Gasteiger partial charge in [-0.25, -0.2) is 4.99 Å². The molecule has 0 fully saturated rings. The summed E-state index contributed by atoms with van der Waals surface area (Å²) in [6.07, 6.45) is 0. The molecule has 2 aromatic rings. The third-order valence-electron chi connectivity index (χ3n) is 4.30. The molecule has 0 spiro atoms. The van der Waals surface area contributed by atoms with Gasteiger partial charge in [0.1, 0.15) is 5.84 Å². The predicted molar refractivity (Wildman–Crippen MR) is 117 cm³/mol. The summed E-state index contributed by atoms with van der Waals surface area (Å²) in [6, 6.07) is 7.63. The average molecular weight is 399 g/mol. The second kappa shape index (κ2) is 9.83. The van der Waals surface area contributed by atoms with Crippen LogP contribution in [0.1, 0.15) is 31.4 Å². The van der Waals surface area contributed by atoms with E-state index in [4.69, 9.17) is 11.5 Å². The number of benzene rings is 1. The fourth-order valence-electron chi connectivity index (χ4n) is 2.99. The third kappa shape index (κ3) is 5.64.